The standard InChI is InChI=1S/C26H44Si4/c1-27(2)23-17-19-13-9-11-15-21(19)25(23)29(5,6)30(7,8)26-22-16-12-10-14-20(22)18-24(26)28(27,3)4/h9-16,19-26H,17-18H2,1-8H3. The molecule has 5 aliphatic rings. The van der Waals surface area contributed by atoms with Gasteiger partial charge in [-0.05, 0) is 58.7 Å². The van der Waals surface area contributed by atoms with Crippen molar-refractivity contribution in [3.8, 4) is 0 Å². The van der Waals surface area contributed by atoms with E-state index < -0.39 is 30.4 Å². The molecule has 8 atom stereocenters. The van der Waals surface area contributed by atoms with E-state index in [1.165, 1.54) is 12.8 Å². The zero-order valence-electron chi connectivity index (χ0n) is 20.7. The van der Waals surface area contributed by atoms with Crippen LogP contribution in [0.4, 0.5) is 0 Å². The summed E-state index contributed by atoms with van der Waals surface area (Å²) in [6.45, 7) is 23.1. The molecule has 3 fully saturated rings. The Labute approximate surface area is 189 Å². The van der Waals surface area contributed by atoms with Gasteiger partial charge in [-0.2, -0.15) is 0 Å². The molecule has 0 nitrogen and oxygen atoms in total. The van der Waals surface area contributed by atoms with Crippen LogP contribution in [0.5, 0.6) is 0 Å². The van der Waals surface area contributed by atoms with Crippen molar-refractivity contribution < 1.29 is 0 Å². The fourth-order valence-electron chi connectivity index (χ4n) is 9.27. The van der Waals surface area contributed by atoms with E-state index >= 15 is 0 Å². The third kappa shape index (κ3) is 2.60. The molecule has 1 heterocycles. The van der Waals surface area contributed by atoms with Crippen molar-refractivity contribution >= 4 is 30.4 Å². The maximum absolute atomic E-state index is 2.89. The van der Waals surface area contributed by atoms with Gasteiger partial charge in [-0.25, -0.2) is 0 Å². The lowest BCUT2D eigenvalue weighted by atomic mass is 9.92. The van der Waals surface area contributed by atoms with E-state index in [0.717, 1.165) is 45.8 Å². The molecule has 0 spiro atoms. The second kappa shape index (κ2) is 6.68. The molecule has 0 radical (unpaired) electrons. The Morgan fingerprint density at radius 2 is 0.800 bits per heavy atom. The SMILES string of the molecule is C[Si]1(C)C2CC3C=CC=CC3C2[Si](C)(C)[Si](C)(C)C2C3C=CC=CC3CC2[Si]1(C)C. The van der Waals surface area contributed by atoms with Gasteiger partial charge in [-0.1, -0.05) is 101 Å². The number of hydrogen-bond acceptors (Lipinski definition) is 0. The van der Waals surface area contributed by atoms with Crippen LogP contribution < -0.4 is 0 Å². The largest absolute Gasteiger partial charge is 0.0809 e. The minimum atomic E-state index is -1.40. The van der Waals surface area contributed by atoms with Crippen molar-refractivity contribution in [2.45, 2.75) is 87.4 Å². The highest BCUT2D eigenvalue weighted by molar-refractivity contribution is 7.46. The summed E-state index contributed by atoms with van der Waals surface area (Å²) < 4.78 is 0. The molecule has 4 heteroatoms. The Morgan fingerprint density at radius 3 is 1.17 bits per heavy atom. The molecule has 1 aliphatic heterocycles. The predicted octanol–water partition coefficient (Wildman–Crippen LogP) is 8.00. The first-order chi connectivity index (χ1) is 13.9. The molecule has 0 N–H and O–H groups in total. The van der Waals surface area contributed by atoms with Crippen molar-refractivity contribution in [2.24, 2.45) is 23.7 Å². The zero-order valence-corrected chi connectivity index (χ0v) is 24.7. The van der Waals surface area contributed by atoms with Crippen LogP contribution in [0, 0.1) is 23.7 Å². The van der Waals surface area contributed by atoms with E-state index in [0.29, 0.717) is 0 Å². The Kier molecular flexibility index (Phi) is 4.82. The second-order valence-corrected chi connectivity index (χ2v) is 45.7. The molecule has 4 aliphatic carbocycles. The molecule has 2 saturated carbocycles. The van der Waals surface area contributed by atoms with E-state index in [9.17, 15) is 0 Å². The normalized spacial score (nSPS) is 48.3. The van der Waals surface area contributed by atoms with Crippen LogP contribution in [-0.4, -0.2) is 30.4 Å². The number of allylic oxidation sites excluding steroid dienone is 8. The average Bonchev–Trinajstić information content (AvgIpc) is 3.27. The molecule has 30 heavy (non-hydrogen) atoms. The maximum Gasteiger partial charge on any atom is 0.0452 e. The Morgan fingerprint density at radius 1 is 0.467 bits per heavy atom. The molecule has 0 aromatic rings. The van der Waals surface area contributed by atoms with Crippen LogP contribution in [0.15, 0.2) is 48.6 Å². The summed E-state index contributed by atoms with van der Waals surface area (Å²) in [5, 5.41) is 0. The Hall–Kier alpha value is -0.172. The Bertz CT molecular complexity index is 773. The molecule has 0 amide bonds. The van der Waals surface area contributed by atoms with E-state index in [1.807, 2.05) is 0 Å². The fourth-order valence-corrected chi connectivity index (χ4v) is 43.8. The van der Waals surface area contributed by atoms with Gasteiger partial charge < -0.3 is 0 Å². The molecule has 0 aromatic carbocycles. The molecule has 0 bridgehead atoms. The molecule has 1 saturated heterocycles. The van der Waals surface area contributed by atoms with Gasteiger partial charge in [0.25, 0.3) is 0 Å². The topological polar surface area (TPSA) is 0 Å². The summed E-state index contributed by atoms with van der Waals surface area (Å²) >= 11 is 0. The first-order valence-electron chi connectivity index (χ1n) is 12.6. The van der Waals surface area contributed by atoms with E-state index in [2.05, 4.69) is 101 Å². The first kappa shape index (κ1) is 21.7. The molecule has 164 valence electrons. The van der Waals surface area contributed by atoms with Gasteiger partial charge >= 0.3 is 0 Å². The van der Waals surface area contributed by atoms with E-state index in [-0.39, 0.29) is 0 Å². The van der Waals surface area contributed by atoms with Gasteiger partial charge in [-0.15, -0.1) is 0 Å². The van der Waals surface area contributed by atoms with Crippen LogP contribution in [0.3, 0.4) is 0 Å². The van der Waals surface area contributed by atoms with Gasteiger partial charge in [0.15, 0.2) is 0 Å². The lowest BCUT2D eigenvalue weighted by molar-refractivity contribution is 0.540. The molecule has 5 rings (SSSR count). The monoisotopic (exact) mass is 468 g/mol. The predicted molar refractivity (Wildman–Crippen MR) is 145 cm³/mol. The van der Waals surface area contributed by atoms with Crippen LogP contribution in [0.25, 0.3) is 0 Å². The molecular formula is C26H44Si4. The van der Waals surface area contributed by atoms with Gasteiger partial charge in [-0.3, -0.25) is 0 Å². The van der Waals surface area contributed by atoms with Crippen LogP contribution >= 0.6 is 0 Å². The highest BCUT2D eigenvalue weighted by atomic mass is 29.3. The van der Waals surface area contributed by atoms with Crippen molar-refractivity contribution in [1.82, 2.24) is 0 Å². The minimum absolute atomic E-state index is 0.848. The van der Waals surface area contributed by atoms with Crippen molar-refractivity contribution in [3.63, 3.8) is 0 Å². The molecule has 8 unspecified atom stereocenters. The van der Waals surface area contributed by atoms with Gasteiger partial charge in [0.1, 0.15) is 0 Å². The third-order valence-corrected chi connectivity index (χ3v) is 53.5. The summed E-state index contributed by atoms with van der Waals surface area (Å²) in [4.78, 5) is 0. The first-order valence-corrected chi connectivity index (χ1v) is 26.9. The van der Waals surface area contributed by atoms with Crippen molar-refractivity contribution in [3.05, 3.63) is 48.6 Å². The van der Waals surface area contributed by atoms with Crippen LogP contribution in [0.1, 0.15) is 12.8 Å². The average molecular weight is 469 g/mol. The highest BCUT2D eigenvalue weighted by Crippen LogP contribution is 2.71. The van der Waals surface area contributed by atoms with Crippen molar-refractivity contribution in [1.29, 1.82) is 0 Å². The van der Waals surface area contributed by atoms with E-state index in [1.54, 1.807) is 0 Å². The number of rotatable bonds is 0. The lowest BCUT2D eigenvalue weighted by Crippen LogP contribution is -2.71. The summed E-state index contributed by atoms with van der Waals surface area (Å²) in [5.74, 6) is 3.42. The summed E-state index contributed by atoms with van der Waals surface area (Å²) in [6, 6.07) is 0. The number of fused-ring (bicyclic) bond motifs is 6. The van der Waals surface area contributed by atoms with Gasteiger partial charge in [0.2, 0.25) is 0 Å². The minimum Gasteiger partial charge on any atom is -0.0809 e. The second-order valence-electron chi connectivity index (χ2n) is 13.6. The maximum atomic E-state index is 2.89. The summed E-state index contributed by atoms with van der Waals surface area (Å²) in [7, 11) is -5.48. The zero-order chi connectivity index (χ0) is 21.7. The smallest absolute Gasteiger partial charge is 0.0452 e. The van der Waals surface area contributed by atoms with Gasteiger partial charge in [0.05, 0.1) is 0 Å². The molecule has 0 aromatic heterocycles. The van der Waals surface area contributed by atoms with Gasteiger partial charge in [0, 0.05) is 30.4 Å². The summed E-state index contributed by atoms with van der Waals surface area (Å²) in [6.07, 6.45) is 23.2. The van der Waals surface area contributed by atoms with Crippen LogP contribution in [0.2, 0.25) is 74.5 Å². The number of hydrogen-bond donors (Lipinski definition) is 0. The summed E-state index contributed by atoms with van der Waals surface area (Å²) in [5.41, 5.74) is 4.23. The van der Waals surface area contributed by atoms with E-state index in [4.69, 9.17) is 0 Å². The quantitative estimate of drug-likeness (QED) is 0.316. The molecular weight excluding hydrogens is 425 g/mol. The lowest BCUT2D eigenvalue weighted by Gasteiger charge is -2.61. The highest BCUT2D eigenvalue weighted by Gasteiger charge is 2.70. The fraction of sp³-hybridized carbons (Fsp3) is 0.692. The van der Waals surface area contributed by atoms with Crippen LogP contribution in [-0.2, 0) is 0 Å². The Balaban J connectivity index is 1.72. The third-order valence-electron chi connectivity index (χ3n) is 12.2. The van der Waals surface area contributed by atoms with Crippen molar-refractivity contribution in [2.75, 3.05) is 0 Å².